The molecule has 0 atom stereocenters. The molecular formula is C14H18N8S. The van der Waals surface area contributed by atoms with E-state index in [1.165, 1.54) is 11.8 Å². The maximum Gasteiger partial charge on any atom is 0.214 e. The Morgan fingerprint density at radius 1 is 1.04 bits per heavy atom. The van der Waals surface area contributed by atoms with Crippen LogP contribution >= 0.6 is 11.8 Å². The highest BCUT2D eigenvalue weighted by atomic mass is 32.2. The van der Waals surface area contributed by atoms with Gasteiger partial charge in [0.05, 0.1) is 11.4 Å². The van der Waals surface area contributed by atoms with E-state index in [0.717, 1.165) is 40.8 Å². The van der Waals surface area contributed by atoms with E-state index in [4.69, 9.17) is 0 Å². The Labute approximate surface area is 138 Å². The molecule has 0 unspecified atom stereocenters. The van der Waals surface area contributed by atoms with Crippen molar-refractivity contribution in [3.63, 3.8) is 0 Å². The molecule has 0 fully saturated rings. The molecule has 1 aromatic carbocycles. The fraction of sp³-hybridized carbons (Fsp3) is 0.429. The first-order valence-electron chi connectivity index (χ1n) is 7.43. The minimum absolute atomic E-state index is 0.623. The second-order valence-corrected chi connectivity index (χ2v) is 6.16. The van der Waals surface area contributed by atoms with Gasteiger partial charge in [-0.25, -0.2) is 4.68 Å². The molecule has 0 amide bonds. The first-order valence-corrected chi connectivity index (χ1v) is 8.42. The van der Waals surface area contributed by atoms with Gasteiger partial charge in [0.15, 0.2) is 5.82 Å². The molecule has 0 aliphatic heterocycles. The second kappa shape index (κ2) is 6.86. The number of rotatable bonds is 6. The summed E-state index contributed by atoms with van der Waals surface area (Å²) >= 11 is 1.53. The van der Waals surface area contributed by atoms with Crippen molar-refractivity contribution in [2.75, 3.05) is 0 Å². The van der Waals surface area contributed by atoms with E-state index in [1.807, 2.05) is 10.7 Å². The Morgan fingerprint density at radius 3 is 2.52 bits per heavy atom. The minimum Gasteiger partial charge on any atom is -0.229 e. The van der Waals surface area contributed by atoms with Gasteiger partial charge in [-0.3, -0.25) is 0 Å². The summed E-state index contributed by atoms with van der Waals surface area (Å²) in [7, 11) is 0. The third-order valence-corrected chi connectivity index (χ3v) is 4.38. The largest absolute Gasteiger partial charge is 0.229 e. The lowest BCUT2D eigenvalue weighted by Gasteiger charge is -2.10. The standard InChI is InChI=1S/C14H18N8S/c1-4-8-21-12(15-17-19-21)9-23-14-16-18-20-22(14)13-10(2)6-5-7-11(13)3/h5-7H,4,8-9H2,1-3H3. The molecule has 0 aliphatic rings. The highest BCUT2D eigenvalue weighted by Crippen LogP contribution is 2.25. The Morgan fingerprint density at radius 2 is 1.78 bits per heavy atom. The fourth-order valence-electron chi connectivity index (χ4n) is 2.39. The molecule has 2 heterocycles. The molecule has 0 saturated carbocycles. The van der Waals surface area contributed by atoms with Crippen molar-refractivity contribution in [1.29, 1.82) is 0 Å². The fourth-order valence-corrected chi connectivity index (χ4v) is 3.20. The molecule has 9 heteroatoms. The number of aromatic nitrogens is 8. The zero-order valence-electron chi connectivity index (χ0n) is 13.3. The summed E-state index contributed by atoms with van der Waals surface area (Å²) < 4.78 is 3.60. The van der Waals surface area contributed by atoms with Gasteiger partial charge in [0.2, 0.25) is 5.16 Å². The van der Waals surface area contributed by atoms with Crippen molar-refractivity contribution in [2.24, 2.45) is 0 Å². The Kier molecular flexibility index (Phi) is 4.65. The number of hydrogen-bond acceptors (Lipinski definition) is 7. The molecular weight excluding hydrogens is 312 g/mol. The van der Waals surface area contributed by atoms with E-state index in [-0.39, 0.29) is 0 Å². The van der Waals surface area contributed by atoms with Crippen molar-refractivity contribution in [2.45, 2.75) is 44.6 Å². The van der Waals surface area contributed by atoms with Gasteiger partial charge in [-0.2, -0.15) is 4.68 Å². The lowest BCUT2D eigenvalue weighted by Crippen LogP contribution is -2.06. The molecule has 0 saturated heterocycles. The summed E-state index contributed by atoms with van der Waals surface area (Å²) in [5.41, 5.74) is 3.29. The van der Waals surface area contributed by atoms with Crippen LogP contribution in [0.25, 0.3) is 5.69 Å². The van der Waals surface area contributed by atoms with Gasteiger partial charge < -0.3 is 0 Å². The van der Waals surface area contributed by atoms with Gasteiger partial charge in [-0.1, -0.05) is 36.9 Å². The van der Waals surface area contributed by atoms with Crippen LogP contribution in [0.5, 0.6) is 0 Å². The van der Waals surface area contributed by atoms with E-state index >= 15 is 0 Å². The van der Waals surface area contributed by atoms with Crippen molar-refractivity contribution in [1.82, 2.24) is 40.4 Å². The third kappa shape index (κ3) is 3.24. The summed E-state index contributed by atoms with van der Waals surface area (Å²) in [6.45, 7) is 7.02. The normalized spacial score (nSPS) is 11.1. The number of tetrazole rings is 2. The molecule has 0 aliphatic carbocycles. The molecule has 0 spiro atoms. The van der Waals surface area contributed by atoms with E-state index in [9.17, 15) is 0 Å². The van der Waals surface area contributed by atoms with Crippen molar-refractivity contribution < 1.29 is 0 Å². The van der Waals surface area contributed by atoms with Gasteiger partial charge >= 0.3 is 0 Å². The molecule has 0 radical (unpaired) electrons. The summed E-state index contributed by atoms with van der Waals surface area (Å²) in [6.07, 6.45) is 0.989. The lowest BCUT2D eigenvalue weighted by molar-refractivity contribution is 0.564. The number of hydrogen-bond donors (Lipinski definition) is 0. The van der Waals surface area contributed by atoms with Gasteiger partial charge in [0.25, 0.3) is 0 Å². The van der Waals surface area contributed by atoms with Crippen LogP contribution in [-0.2, 0) is 12.3 Å². The van der Waals surface area contributed by atoms with Crippen LogP contribution in [-0.4, -0.2) is 40.4 Å². The van der Waals surface area contributed by atoms with Gasteiger partial charge in [0, 0.05) is 6.54 Å². The summed E-state index contributed by atoms with van der Waals surface area (Å²) in [5, 5.41) is 24.6. The van der Waals surface area contributed by atoms with Gasteiger partial charge in [0.1, 0.15) is 0 Å². The number of aryl methyl sites for hydroxylation is 3. The minimum atomic E-state index is 0.623. The van der Waals surface area contributed by atoms with E-state index < -0.39 is 0 Å². The van der Waals surface area contributed by atoms with E-state index in [2.05, 4.69) is 64.0 Å². The van der Waals surface area contributed by atoms with Crippen molar-refractivity contribution in [3.8, 4) is 5.69 Å². The van der Waals surface area contributed by atoms with Gasteiger partial charge in [-0.05, 0) is 52.2 Å². The zero-order chi connectivity index (χ0) is 16.2. The van der Waals surface area contributed by atoms with Crippen LogP contribution in [0, 0.1) is 13.8 Å². The van der Waals surface area contributed by atoms with Gasteiger partial charge in [-0.15, -0.1) is 10.2 Å². The summed E-state index contributed by atoms with van der Waals surface area (Å²) in [6, 6.07) is 6.14. The van der Waals surface area contributed by atoms with Crippen LogP contribution in [0.3, 0.4) is 0 Å². The Balaban J connectivity index is 1.83. The Bertz CT molecular complexity index is 773. The molecule has 3 rings (SSSR count). The van der Waals surface area contributed by atoms with Crippen LogP contribution in [0.4, 0.5) is 0 Å². The smallest absolute Gasteiger partial charge is 0.214 e. The van der Waals surface area contributed by atoms with Crippen LogP contribution in [0.1, 0.15) is 30.3 Å². The summed E-state index contributed by atoms with van der Waals surface area (Å²) in [5.74, 6) is 1.45. The number of nitrogens with zero attached hydrogens (tertiary/aromatic N) is 8. The first kappa shape index (κ1) is 15.6. The van der Waals surface area contributed by atoms with Crippen molar-refractivity contribution in [3.05, 3.63) is 35.2 Å². The number of benzene rings is 1. The van der Waals surface area contributed by atoms with Crippen LogP contribution in [0.2, 0.25) is 0 Å². The van der Waals surface area contributed by atoms with E-state index in [1.54, 1.807) is 4.68 Å². The second-order valence-electron chi connectivity index (χ2n) is 5.22. The lowest BCUT2D eigenvalue weighted by atomic mass is 10.1. The first-order chi connectivity index (χ1) is 11.2. The predicted molar refractivity (Wildman–Crippen MR) is 86.3 cm³/mol. The number of thioether (sulfide) groups is 1. The monoisotopic (exact) mass is 330 g/mol. The molecule has 3 aromatic rings. The highest BCUT2D eigenvalue weighted by molar-refractivity contribution is 7.98. The zero-order valence-corrected chi connectivity index (χ0v) is 14.2. The molecule has 23 heavy (non-hydrogen) atoms. The van der Waals surface area contributed by atoms with Crippen LogP contribution < -0.4 is 0 Å². The molecule has 0 N–H and O–H groups in total. The quantitative estimate of drug-likeness (QED) is 0.638. The molecule has 2 aromatic heterocycles. The molecule has 120 valence electrons. The SMILES string of the molecule is CCCn1nnnc1CSc1nnnn1-c1c(C)cccc1C. The average molecular weight is 330 g/mol. The molecule has 0 bridgehead atoms. The average Bonchev–Trinajstić information content (AvgIpc) is 3.15. The predicted octanol–water partition coefficient (Wildman–Crippen LogP) is 1.97. The maximum absolute atomic E-state index is 4.14. The van der Waals surface area contributed by atoms with Crippen molar-refractivity contribution >= 4 is 11.8 Å². The topological polar surface area (TPSA) is 87.2 Å². The Hall–Kier alpha value is -2.29. The third-order valence-electron chi connectivity index (χ3n) is 3.46. The van der Waals surface area contributed by atoms with Crippen LogP contribution in [0.15, 0.2) is 23.4 Å². The number of para-hydroxylation sites is 1. The van der Waals surface area contributed by atoms with E-state index in [0.29, 0.717) is 5.75 Å². The maximum atomic E-state index is 4.14. The summed E-state index contributed by atoms with van der Waals surface area (Å²) in [4.78, 5) is 0. The molecule has 8 nitrogen and oxygen atoms in total. The highest BCUT2D eigenvalue weighted by Gasteiger charge is 2.15.